The Balaban J connectivity index is 2.53. The van der Waals surface area contributed by atoms with Gasteiger partial charge in [-0.05, 0) is 12.1 Å². The van der Waals surface area contributed by atoms with Crippen molar-refractivity contribution in [1.29, 1.82) is 0 Å². The number of likely N-dealkylation sites (N-methyl/N-ethyl adjacent to an activating group) is 1. The molecule has 0 aromatic heterocycles. The fraction of sp³-hybridized carbons (Fsp3) is 0.200. The number of hydrogen-bond donors (Lipinski definition) is 3. The van der Waals surface area contributed by atoms with Crippen LogP contribution in [0.15, 0.2) is 18.2 Å². The highest BCUT2D eigenvalue weighted by Crippen LogP contribution is 2.14. The number of halogens is 2. The SMILES string of the molecule is CNC(=O)CNC(=O)Nc1ccc(F)cc1F. The van der Waals surface area contributed by atoms with Gasteiger partial charge in [-0.1, -0.05) is 0 Å². The Morgan fingerprint density at radius 1 is 1.29 bits per heavy atom. The van der Waals surface area contributed by atoms with E-state index >= 15 is 0 Å². The maximum atomic E-state index is 13.1. The molecule has 0 aliphatic carbocycles. The summed E-state index contributed by atoms with van der Waals surface area (Å²) in [6.45, 7) is -0.231. The summed E-state index contributed by atoms with van der Waals surface area (Å²) in [6, 6.07) is 2.00. The van der Waals surface area contributed by atoms with Gasteiger partial charge in [0.1, 0.15) is 11.6 Å². The third-order valence-electron chi connectivity index (χ3n) is 1.87. The Kier molecular flexibility index (Phi) is 4.38. The molecule has 0 aliphatic rings. The molecule has 0 heterocycles. The Morgan fingerprint density at radius 2 is 2.00 bits per heavy atom. The van der Waals surface area contributed by atoms with Gasteiger partial charge in [-0.3, -0.25) is 4.79 Å². The van der Waals surface area contributed by atoms with E-state index in [9.17, 15) is 18.4 Å². The summed E-state index contributed by atoms with van der Waals surface area (Å²) >= 11 is 0. The normalized spacial score (nSPS) is 9.59. The topological polar surface area (TPSA) is 70.2 Å². The van der Waals surface area contributed by atoms with Crippen LogP contribution in [-0.4, -0.2) is 25.5 Å². The van der Waals surface area contributed by atoms with Crippen molar-refractivity contribution in [3.63, 3.8) is 0 Å². The van der Waals surface area contributed by atoms with Crippen molar-refractivity contribution in [2.24, 2.45) is 0 Å². The molecule has 0 radical (unpaired) electrons. The van der Waals surface area contributed by atoms with Gasteiger partial charge < -0.3 is 16.0 Å². The van der Waals surface area contributed by atoms with Gasteiger partial charge in [0.15, 0.2) is 0 Å². The molecule has 0 fully saturated rings. The lowest BCUT2D eigenvalue weighted by Gasteiger charge is -2.07. The summed E-state index contributed by atoms with van der Waals surface area (Å²) in [7, 11) is 1.42. The van der Waals surface area contributed by atoms with E-state index in [2.05, 4.69) is 16.0 Å². The van der Waals surface area contributed by atoms with Crippen molar-refractivity contribution >= 4 is 17.6 Å². The minimum Gasteiger partial charge on any atom is -0.358 e. The summed E-state index contributed by atoms with van der Waals surface area (Å²) < 4.78 is 25.7. The number of carbonyl (C=O) groups excluding carboxylic acids is 2. The first-order valence-electron chi connectivity index (χ1n) is 4.73. The molecule has 1 aromatic rings. The van der Waals surface area contributed by atoms with Crippen molar-refractivity contribution in [1.82, 2.24) is 10.6 Å². The van der Waals surface area contributed by atoms with Crippen molar-refractivity contribution in [2.75, 3.05) is 18.9 Å². The fourth-order valence-electron chi connectivity index (χ4n) is 1.01. The first kappa shape index (κ1) is 12.9. The molecule has 0 atom stereocenters. The third kappa shape index (κ3) is 4.06. The predicted octanol–water partition coefficient (Wildman–Crippen LogP) is 0.832. The maximum absolute atomic E-state index is 13.1. The minimum absolute atomic E-state index is 0.166. The van der Waals surface area contributed by atoms with Crippen LogP contribution in [0.1, 0.15) is 0 Å². The number of anilines is 1. The average molecular weight is 243 g/mol. The minimum atomic E-state index is -0.889. The van der Waals surface area contributed by atoms with E-state index in [1.54, 1.807) is 0 Å². The number of nitrogens with one attached hydrogen (secondary N) is 3. The number of benzene rings is 1. The summed E-state index contributed by atoms with van der Waals surface area (Å²) in [5, 5.41) is 6.64. The molecule has 1 aromatic carbocycles. The first-order chi connectivity index (χ1) is 8.02. The zero-order valence-electron chi connectivity index (χ0n) is 9.01. The lowest BCUT2D eigenvalue weighted by Crippen LogP contribution is -2.37. The molecule has 0 saturated carbocycles. The molecule has 0 spiro atoms. The number of rotatable bonds is 3. The summed E-state index contributed by atoms with van der Waals surface area (Å²) in [4.78, 5) is 22.0. The van der Waals surface area contributed by atoms with Crippen molar-refractivity contribution < 1.29 is 18.4 Å². The largest absolute Gasteiger partial charge is 0.358 e. The van der Waals surface area contributed by atoms with Crippen LogP contribution in [0.3, 0.4) is 0 Å². The van der Waals surface area contributed by atoms with E-state index in [-0.39, 0.29) is 18.1 Å². The second-order valence-corrected chi connectivity index (χ2v) is 3.11. The highest BCUT2D eigenvalue weighted by atomic mass is 19.1. The van der Waals surface area contributed by atoms with Crippen molar-refractivity contribution in [3.8, 4) is 0 Å². The van der Waals surface area contributed by atoms with Crippen LogP contribution in [0.2, 0.25) is 0 Å². The lowest BCUT2D eigenvalue weighted by molar-refractivity contribution is -0.119. The third-order valence-corrected chi connectivity index (χ3v) is 1.87. The molecular weight excluding hydrogens is 232 g/mol. The van der Waals surface area contributed by atoms with Gasteiger partial charge in [0, 0.05) is 13.1 Å². The van der Waals surface area contributed by atoms with E-state index in [0.717, 1.165) is 12.1 Å². The summed E-state index contributed by atoms with van der Waals surface area (Å²) in [5.41, 5.74) is -0.166. The quantitative estimate of drug-likeness (QED) is 0.736. The maximum Gasteiger partial charge on any atom is 0.319 e. The fourth-order valence-corrected chi connectivity index (χ4v) is 1.01. The molecular formula is C10H11F2N3O2. The lowest BCUT2D eigenvalue weighted by atomic mass is 10.3. The van der Waals surface area contributed by atoms with Crippen LogP contribution in [0.4, 0.5) is 19.3 Å². The van der Waals surface area contributed by atoms with Crippen LogP contribution in [0.25, 0.3) is 0 Å². The molecule has 3 N–H and O–H groups in total. The van der Waals surface area contributed by atoms with Gasteiger partial charge in [0.2, 0.25) is 5.91 Å². The number of amides is 3. The number of urea groups is 1. The van der Waals surface area contributed by atoms with Gasteiger partial charge >= 0.3 is 6.03 Å². The standard InChI is InChI=1S/C10H11F2N3O2/c1-13-9(16)5-14-10(17)15-8-3-2-6(11)4-7(8)12/h2-4H,5H2,1H3,(H,13,16)(H2,14,15,17). The summed E-state index contributed by atoms with van der Waals surface area (Å²) in [6.07, 6.45) is 0. The van der Waals surface area contributed by atoms with E-state index in [4.69, 9.17) is 0 Å². The van der Waals surface area contributed by atoms with Gasteiger partial charge in [-0.2, -0.15) is 0 Å². The second kappa shape index (κ2) is 5.78. The molecule has 92 valence electrons. The highest BCUT2D eigenvalue weighted by Gasteiger charge is 2.08. The zero-order chi connectivity index (χ0) is 12.8. The van der Waals surface area contributed by atoms with Crippen LogP contribution in [0.5, 0.6) is 0 Å². The van der Waals surface area contributed by atoms with Crippen LogP contribution in [-0.2, 0) is 4.79 Å². The van der Waals surface area contributed by atoms with E-state index < -0.39 is 17.7 Å². The van der Waals surface area contributed by atoms with Gasteiger partial charge in [0.25, 0.3) is 0 Å². The zero-order valence-corrected chi connectivity index (χ0v) is 9.01. The Labute approximate surface area is 96.2 Å². The van der Waals surface area contributed by atoms with Gasteiger partial charge in [-0.25, -0.2) is 13.6 Å². The molecule has 0 unspecified atom stereocenters. The van der Waals surface area contributed by atoms with Crippen LogP contribution in [0, 0.1) is 11.6 Å². The van der Waals surface area contributed by atoms with Gasteiger partial charge in [-0.15, -0.1) is 0 Å². The Morgan fingerprint density at radius 3 is 2.59 bits per heavy atom. The highest BCUT2D eigenvalue weighted by molar-refractivity contribution is 5.92. The van der Waals surface area contributed by atoms with E-state index in [0.29, 0.717) is 6.07 Å². The molecule has 17 heavy (non-hydrogen) atoms. The molecule has 3 amide bonds. The van der Waals surface area contributed by atoms with Crippen molar-refractivity contribution in [3.05, 3.63) is 29.8 Å². The molecule has 0 bridgehead atoms. The molecule has 5 nitrogen and oxygen atoms in total. The van der Waals surface area contributed by atoms with E-state index in [1.807, 2.05) is 0 Å². The monoisotopic (exact) mass is 243 g/mol. The van der Waals surface area contributed by atoms with Crippen LogP contribution >= 0.6 is 0 Å². The smallest absolute Gasteiger partial charge is 0.319 e. The molecule has 7 heteroatoms. The van der Waals surface area contributed by atoms with Crippen molar-refractivity contribution in [2.45, 2.75) is 0 Å². The molecule has 1 rings (SSSR count). The van der Waals surface area contributed by atoms with Gasteiger partial charge in [0.05, 0.1) is 12.2 Å². The van der Waals surface area contributed by atoms with E-state index in [1.165, 1.54) is 7.05 Å². The van der Waals surface area contributed by atoms with Crippen LogP contribution < -0.4 is 16.0 Å². The number of carbonyl (C=O) groups is 2. The average Bonchev–Trinajstić information content (AvgIpc) is 2.29. The summed E-state index contributed by atoms with van der Waals surface area (Å²) in [5.74, 6) is -2.02. The Bertz CT molecular complexity index is 438. The number of hydrogen-bond acceptors (Lipinski definition) is 2. The Hall–Kier alpha value is -2.18. The second-order valence-electron chi connectivity index (χ2n) is 3.11. The molecule has 0 saturated heterocycles. The first-order valence-corrected chi connectivity index (χ1v) is 4.73. The molecule has 0 aliphatic heterocycles. The predicted molar refractivity (Wildman–Crippen MR) is 57.4 cm³/mol.